The number of carbonyl (C=O) groups excluding carboxylic acids is 1. The predicted octanol–water partition coefficient (Wildman–Crippen LogP) is 2.32. The fraction of sp³-hybridized carbons (Fsp3) is 0.533. The zero-order valence-corrected chi connectivity index (χ0v) is 12.8. The van der Waals surface area contributed by atoms with Gasteiger partial charge in [-0.05, 0) is 24.5 Å². The molecule has 0 aliphatic rings. The molecule has 112 valence electrons. The number of nitrogens with one attached hydrogen (secondary N) is 1. The van der Waals surface area contributed by atoms with E-state index in [1.165, 1.54) is 0 Å². The Morgan fingerprint density at radius 1 is 1.30 bits per heavy atom. The monoisotopic (exact) mass is 280 g/mol. The minimum Gasteiger partial charge on any atom is -0.493 e. The SMILES string of the molecule is CCC(C)C(N)C(=O)Nc1cc(OC)c(OC)cc1C. The first-order chi connectivity index (χ1) is 9.44. The molecule has 0 aliphatic carbocycles. The molecule has 0 radical (unpaired) electrons. The number of carbonyl (C=O) groups is 1. The van der Waals surface area contributed by atoms with Crippen molar-refractivity contribution in [3.05, 3.63) is 17.7 Å². The van der Waals surface area contributed by atoms with Crippen LogP contribution in [0, 0.1) is 12.8 Å². The number of methoxy groups -OCH3 is 2. The average molecular weight is 280 g/mol. The van der Waals surface area contributed by atoms with Crippen LogP contribution >= 0.6 is 0 Å². The van der Waals surface area contributed by atoms with Gasteiger partial charge in [-0.15, -0.1) is 0 Å². The van der Waals surface area contributed by atoms with Gasteiger partial charge in [0.15, 0.2) is 11.5 Å². The van der Waals surface area contributed by atoms with Gasteiger partial charge in [-0.2, -0.15) is 0 Å². The van der Waals surface area contributed by atoms with Gasteiger partial charge in [-0.1, -0.05) is 20.3 Å². The van der Waals surface area contributed by atoms with Crippen LogP contribution in [-0.2, 0) is 4.79 Å². The van der Waals surface area contributed by atoms with Gasteiger partial charge >= 0.3 is 0 Å². The first kappa shape index (κ1) is 16.3. The number of rotatable bonds is 6. The second-order valence-corrected chi connectivity index (χ2v) is 4.92. The summed E-state index contributed by atoms with van der Waals surface area (Å²) in [5.74, 6) is 1.16. The Labute approximate surface area is 120 Å². The van der Waals surface area contributed by atoms with E-state index in [2.05, 4.69) is 5.32 Å². The fourth-order valence-electron chi connectivity index (χ4n) is 1.84. The van der Waals surface area contributed by atoms with Gasteiger partial charge < -0.3 is 20.5 Å². The van der Waals surface area contributed by atoms with Crippen molar-refractivity contribution >= 4 is 11.6 Å². The van der Waals surface area contributed by atoms with Gasteiger partial charge in [0.1, 0.15) is 0 Å². The molecule has 0 aliphatic heterocycles. The number of anilines is 1. The second-order valence-electron chi connectivity index (χ2n) is 4.92. The Hall–Kier alpha value is -1.75. The van der Waals surface area contributed by atoms with E-state index in [0.29, 0.717) is 17.2 Å². The van der Waals surface area contributed by atoms with Crippen molar-refractivity contribution in [3.63, 3.8) is 0 Å². The molecule has 1 amide bonds. The molecule has 0 saturated heterocycles. The van der Waals surface area contributed by atoms with E-state index in [1.807, 2.05) is 26.8 Å². The van der Waals surface area contributed by atoms with Crippen LogP contribution in [0.3, 0.4) is 0 Å². The third-order valence-corrected chi connectivity index (χ3v) is 3.55. The first-order valence-electron chi connectivity index (χ1n) is 6.73. The van der Waals surface area contributed by atoms with Crippen LogP contribution in [0.4, 0.5) is 5.69 Å². The highest BCUT2D eigenvalue weighted by Crippen LogP contribution is 2.33. The Balaban J connectivity index is 2.95. The summed E-state index contributed by atoms with van der Waals surface area (Å²) in [6, 6.07) is 3.05. The predicted molar refractivity (Wildman–Crippen MR) is 80.3 cm³/mol. The number of ether oxygens (including phenoxy) is 2. The van der Waals surface area contributed by atoms with Crippen molar-refractivity contribution in [3.8, 4) is 11.5 Å². The summed E-state index contributed by atoms with van der Waals surface area (Å²) in [7, 11) is 3.14. The largest absolute Gasteiger partial charge is 0.493 e. The number of hydrogen-bond donors (Lipinski definition) is 2. The van der Waals surface area contributed by atoms with Crippen molar-refractivity contribution in [2.24, 2.45) is 11.7 Å². The van der Waals surface area contributed by atoms with E-state index < -0.39 is 6.04 Å². The molecule has 0 aromatic heterocycles. The second kappa shape index (κ2) is 7.14. The van der Waals surface area contributed by atoms with E-state index in [0.717, 1.165) is 12.0 Å². The van der Waals surface area contributed by atoms with Crippen LogP contribution in [0.5, 0.6) is 11.5 Å². The van der Waals surface area contributed by atoms with E-state index in [9.17, 15) is 4.79 Å². The highest BCUT2D eigenvalue weighted by atomic mass is 16.5. The molecule has 0 heterocycles. The zero-order valence-electron chi connectivity index (χ0n) is 12.8. The normalized spacial score (nSPS) is 13.5. The third-order valence-electron chi connectivity index (χ3n) is 3.55. The lowest BCUT2D eigenvalue weighted by Crippen LogP contribution is -2.40. The van der Waals surface area contributed by atoms with Crippen molar-refractivity contribution in [2.75, 3.05) is 19.5 Å². The molecule has 0 fully saturated rings. The number of nitrogens with two attached hydrogens (primary N) is 1. The topological polar surface area (TPSA) is 73.6 Å². The summed E-state index contributed by atoms with van der Waals surface area (Å²) < 4.78 is 10.5. The Morgan fingerprint density at radius 3 is 2.35 bits per heavy atom. The molecule has 0 spiro atoms. The van der Waals surface area contributed by atoms with Gasteiger partial charge in [0.25, 0.3) is 0 Å². The van der Waals surface area contributed by atoms with Gasteiger partial charge in [-0.3, -0.25) is 4.79 Å². The maximum Gasteiger partial charge on any atom is 0.241 e. The average Bonchev–Trinajstić information content (AvgIpc) is 2.46. The van der Waals surface area contributed by atoms with Crippen LogP contribution < -0.4 is 20.5 Å². The molecule has 1 rings (SSSR count). The molecule has 5 heteroatoms. The van der Waals surface area contributed by atoms with Crippen molar-refractivity contribution in [2.45, 2.75) is 33.2 Å². The van der Waals surface area contributed by atoms with Gasteiger partial charge in [-0.25, -0.2) is 0 Å². The lowest BCUT2D eigenvalue weighted by Gasteiger charge is -2.19. The van der Waals surface area contributed by atoms with Crippen molar-refractivity contribution in [1.82, 2.24) is 0 Å². The molecule has 0 saturated carbocycles. The zero-order chi connectivity index (χ0) is 15.3. The molecule has 1 aromatic rings. The third kappa shape index (κ3) is 3.63. The van der Waals surface area contributed by atoms with E-state index in [1.54, 1.807) is 20.3 Å². The van der Waals surface area contributed by atoms with Gasteiger partial charge in [0, 0.05) is 11.8 Å². The summed E-state index contributed by atoms with van der Waals surface area (Å²) in [6.07, 6.45) is 0.861. The first-order valence-corrected chi connectivity index (χ1v) is 6.73. The maximum atomic E-state index is 12.1. The quantitative estimate of drug-likeness (QED) is 0.838. The van der Waals surface area contributed by atoms with E-state index in [-0.39, 0.29) is 11.8 Å². The molecule has 2 atom stereocenters. The Kier molecular flexibility index (Phi) is 5.82. The highest BCUT2D eigenvalue weighted by Gasteiger charge is 2.20. The van der Waals surface area contributed by atoms with Crippen LogP contribution in [0.1, 0.15) is 25.8 Å². The van der Waals surface area contributed by atoms with Gasteiger partial charge in [0.2, 0.25) is 5.91 Å². The smallest absolute Gasteiger partial charge is 0.241 e. The molecule has 20 heavy (non-hydrogen) atoms. The lowest BCUT2D eigenvalue weighted by molar-refractivity contribution is -0.118. The summed E-state index contributed by atoms with van der Waals surface area (Å²) in [5, 5.41) is 2.85. The van der Waals surface area contributed by atoms with Crippen molar-refractivity contribution < 1.29 is 14.3 Å². The molecule has 0 bridgehead atoms. The number of aryl methyl sites for hydroxylation is 1. The maximum absolute atomic E-state index is 12.1. The molecule has 3 N–H and O–H groups in total. The lowest BCUT2D eigenvalue weighted by atomic mass is 9.99. The summed E-state index contributed by atoms with van der Waals surface area (Å²) >= 11 is 0. The number of amides is 1. The summed E-state index contributed by atoms with van der Waals surface area (Å²) in [4.78, 5) is 12.1. The fourth-order valence-corrected chi connectivity index (χ4v) is 1.84. The highest BCUT2D eigenvalue weighted by molar-refractivity contribution is 5.95. The van der Waals surface area contributed by atoms with Crippen LogP contribution in [-0.4, -0.2) is 26.2 Å². The molecule has 5 nitrogen and oxygen atoms in total. The van der Waals surface area contributed by atoms with Crippen molar-refractivity contribution in [1.29, 1.82) is 0 Å². The molecule has 1 aromatic carbocycles. The summed E-state index contributed by atoms with van der Waals surface area (Å²) in [6.45, 7) is 5.87. The van der Waals surface area contributed by atoms with Crippen LogP contribution in [0.15, 0.2) is 12.1 Å². The van der Waals surface area contributed by atoms with E-state index in [4.69, 9.17) is 15.2 Å². The van der Waals surface area contributed by atoms with Gasteiger partial charge in [0.05, 0.1) is 20.3 Å². The minimum atomic E-state index is -0.521. The number of hydrogen-bond acceptors (Lipinski definition) is 4. The van der Waals surface area contributed by atoms with Crippen LogP contribution in [0.25, 0.3) is 0 Å². The molecular formula is C15H24N2O3. The summed E-state index contributed by atoms with van der Waals surface area (Å²) in [5.41, 5.74) is 7.51. The Bertz CT molecular complexity index is 474. The van der Waals surface area contributed by atoms with E-state index >= 15 is 0 Å². The standard InChI is InChI=1S/C15H24N2O3/c1-6-9(2)14(16)15(18)17-11-8-13(20-5)12(19-4)7-10(11)3/h7-9,14H,6,16H2,1-5H3,(H,17,18). The molecular weight excluding hydrogens is 256 g/mol. The number of benzene rings is 1. The minimum absolute atomic E-state index is 0.135. The molecule has 2 unspecified atom stereocenters. The Morgan fingerprint density at radius 2 is 1.85 bits per heavy atom. The van der Waals surface area contributed by atoms with Crippen LogP contribution in [0.2, 0.25) is 0 Å².